The number of aliphatic hydroxyl groups excluding tert-OH is 2. The topological polar surface area (TPSA) is 95.9 Å². The molecule has 0 saturated heterocycles. The van der Waals surface area contributed by atoms with E-state index < -0.39 is 18.2 Å². The van der Waals surface area contributed by atoms with Crippen molar-refractivity contribution in [3.63, 3.8) is 0 Å². The second kappa shape index (κ2) is 49.4. The molecule has 1 amide bonds. The molecule has 0 heterocycles. The fourth-order valence-electron chi connectivity index (χ4n) is 8.47. The molecule has 3 atom stereocenters. The third-order valence-electron chi connectivity index (χ3n) is 12.5. The summed E-state index contributed by atoms with van der Waals surface area (Å²) < 4.78 is 5.94. The number of esters is 1. The molecule has 0 aliphatic carbocycles. The van der Waals surface area contributed by atoms with E-state index >= 15 is 0 Å². The Morgan fingerprint density at radius 2 is 0.885 bits per heavy atom. The Balaban J connectivity index is 4.49. The number of allylic oxidation sites excluding steroid dienone is 4. The molecule has 6 nitrogen and oxygen atoms in total. The number of nitrogens with one attached hydrogen (secondary N) is 1. The summed E-state index contributed by atoms with van der Waals surface area (Å²) in [6, 6.07) is -0.701. The highest BCUT2D eigenvalue weighted by atomic mass is 16.5. The summed E-state index contributed by atoms with van der Waals surface area (Å²) in [6.45, 7) is 6.40. The van der Waals surface area contributed by atoms with Crippen molar-refractivity contribution in [2.24, 2.45) is 0 Å². The summed E-state index contributed by atoms with van der Waals surface area (Å²) in [5.74, 6) is -0.472. The van der Waals surface area contributed by atoms with Gasteiger partial charge in [-0.05, 0) is 51.4 Å². The largest absolute Gasteiger partial charge is 0.462 e. The minimum Gasteiger partial charge on any atom is -0.462 e. The highest BCUT2D eigenvalue weighted by molar-refractivity contribution is 5.77. The van der Waals surface area contributed by atoms with Crippen molar-refractivity contribution in [3.8, 4) is 0 Å². The summed E-state index contributed by atoms with van der Waals surface area (Å²) >= 11 is 0. The minimum atomic E-state index is -0.787. The van der Waals surface area contributed by atoms with Crippen LogP contribution < -0.4 is 5.32 Å². The molecule has 6 heteroatoms. The first-order chi connectivity index (χ1) is 30.0. The van der Waals surface area contributed by atoms with Crippen LogP contribution in [0.4, 0.5) is 0 Å². The van der Waals surface area contributed by atoms with Crippen LogP contribution in [0.2, 0.25) is 0 Å². The van der Waals surface area contributed by atoms with E-state index in [4.69, 9.17) is 4.74 Å². The second-order valence-electron chi connectivity index (χ2n) is 18.6. The van der Waals surface area contributed by atoms with Crippen LogP contribution in [-0.4, -0.2) is 46.9 Å². The molecule has 360 valence electrons. The predicted octanol–water partition coefficient (Wildman–Crippen LogP) is 16.3. The van der Waals surface area contributed by atoms with Crippen LogP contribution >= 0.6 is 0 Å². The van der Waals surface area contributed by atoms with Crippen LogP contribution in [0.15, 0.2) is 24.3 Å². The molecule has 0 aromatic rings. The lowest BCUT2D eigenvalue weighted by atomic mass is 10.0. The summed E-state index contributed by atoms with van der Waals surface area (Å²) in [4.78, 5) is 26.2. The standard InChI is InChI=1S/C55H105NO5/c1-4-7-10-13-16-19-22-25-26-27-28-30-33-36-39-42-45-48-55(60)61-51(46-43-40-37-34-31-24-21-18-15-12-9-6-3)49-54(59)56-52(50-57)53(58)47-44-41-38-35-32-29-23-20-17-14-11-8-5-2/h9,12,18,21,51-53,57-58H,4-8,10-11,13-17,19-20,22-50H2,1-3H3,(H,56,59)/b12-9+,21-18+. The van der Waals surface area contributed by atoms with E-state index in [1.165, 1.54) is 173 Å². The highest BCUT2D eigenvalue weighted by Crippen LogP contribution is 2.18. The van der Waals surface area contributed by atoms with Gasteiger partial charge in [0.1, 0.15) is 6.10 Å². The number of carbonyl (C=O) groups excluding carboxylic acids is 2. The molecule has 0 fully saturated rings. The lowest BCUT2D eigenvalue weighted by Crippen LogP contribution is -2.46. The van der Waals surface area contributed by atoms with E-state index in [-0.39, 0.29) is 24.9 Å². The van der Waals surface area contributed by atoms with Gasteiger partial charge in [0.2, 0.25) is 5.91 Å². The van der Waals surface area contributed by atoms with Gasteiger partial charge in [-0.1, -0.05) is 251 Å². The Hall–Kier alpha value is -1.66. The summed E-state index contributed by atoms with van der Waals surface area (Å²) in [7, 11) is 0. The molecule has 0 radical (unpaired) electrons. The number of hydrogen-bond donors (Lipinski definition) is 3. The number of aliphatic hydroxyl groups is 2. The molecule has 0 saturated carbocycles. The Bertz CT molecular complexity index is 966. The molecule has 61 heavy (non-hydrogen) atoms. The van der Waals surface area contributed by atoms with Gasteiger partial charge in [-0.25, -0.2) is 0 Å². The third kappa shape index (κ3) is 44.7. The van der Waals surface area contributed by atoms with Crippen molar-refractivity contribution in [2.45, 2.75) is 309 Å². The van der Waals surface area contributed by atoms with Gasteiger partial charge in [0.15, 0.2) is 0 Å². The lowest BCUT2D eigenvalue weighted by Gasteiger charge is -2.24. The monoisotopic (exact) mass is 860 g/mol. The van der Waals surface area contributed by atoms with Gasteiger partial charge in [-0.3, -0.25) is 9.59 Å². The number of rotatable bonds is 49. The fraction of sp³-hybridized carbons (Fsp3) is 0.891. The summed E-state index contributed by atoms with van der Waals surface area (Å²) in [5, 5.41) is 23.8. The maximum Gasteiger partial charge on any atom is 0.306 e. The molecular weight excluding hydrogens is 755 g/mol. The van der Waals surface area contributed by atoms with Gasteiger partial charge in [0.25, 0.3) is 0 Å². The first-order valence-electron chi connectivity index (χ1n) is 27.1. The van der Waals surface area contributed by atoms with E-state index in [1.54, 1.807) is 0 Å². The lowest BCUT2D eigenvalue weighted by molar-refractivity contribution is -0.151. The normalized spacial score (nSPS) is 13.3. The van der Waals surface area contributed by atoms with Gasteiger partial charge < -0.3 is 20.3 Å². The van der Waals surface area contributed by atoms with Gasteiger partial charge in [0.05, 0.1) is 25.2 Å². The van der Waals surface area contributed by atoms with Crippen molar-refractivity contribution in [1.82, 2.24) is 5.32 Å². The van der Waals surface area contributed by atoms with Gasteiger partial charge in [-0.2, -0.15) is 0 Å². The van der Waals surface area contributed by atoms with E-state index in [9.17, 15) is 19.8 Å². The molecular formula is C55H105NO5. The Labute approximate surface area is 380 Å². The first-order valence-corrected chi connectivity index (χ1v) is 27.1. The van der Waals surface area contributed by atoms with Crippen LogP contribution in [0, 0.1) is 0 Å². The fourth-order valence-corrected chi connectivity index (χ4v) is 8.47. The molecule has 0 aliphatic heterocycles. The molecule has 3 N–H and O–H groups in total. The zero-order valence-corrected chi connectivity index (χ0v) is 41.1. The van der Waals surface area contributed by atoms with E-state index in [2.05, 4.69) is 50.4 Å². The molecule has 0 bridgehead atoms. The van der Waals surface area contributed by atoms with Crippen LogP contribution in [0.5, 0.6) is 0 Å². The average molecular weight is 860 g/mol. The number of amides is 1. The smallest absolute Gasteiger partial charge is 0.306 e. The van der Waals surface area contributed by atoms with E-state index in [1.807, 2.05) is 0 Å². The Morgan fingerprint density at radius 3 is 1.33 bits per heavy atom. The second-order valence-corrected chi connectivity index (χ2v) is 18.6. The molecule has 0 aromatic heterocycles. The van der Waals surface area contributed by atoms with Crippen molar-refractivity contribution in [3.05, 3.63) is 24.3 Å². The van der Waals surface area contributed by atoms with E-state index in [0.717, 1.165) is 70.6 Å². The highest BCUT2D eigenvalue weighted by Gasteiger charge is 2.24. The maximum atomic E-state index is 13.2. The van der Waals surface area contributed by atoms with Crippen molar-refractivity contribution in [1.29, 1.82) is 0 Å². The van der Waals surface area contributed by atoms with Crippen LogP contribution in [0.1, 0.15) is 290 Å². The predicted molar refractivity (Wildman–Crippen MR) is 264 cm³/mol. The van der Waals surface area contributed by atoms with E-state index in [0.29, 0.717) is 19.3 Å². The minimum absolute atomic E-state index is 0.0734. The third-order valence-corrected chi connectivity index (χ3v) is 12.5. The van der Waals surface area contributed by atoms with Crippen LogP contribution in [0.3, 0.4) is 0 Å². The maximum absolute atomic E-state index is 13.2. The van der Waals surface area contributed by atoms with Crippen molar-refractivity contribution in [2.75, 3.05) is 6.61 Å². The Morgan fingerprint density at radius 1 is 0.492 bits per heavy atom. The Kier molecular flexibility index (Phi) is 48.0. The summed E-state index contributed by atoms with van der Waals surface area (Å²) in [5.41, 5.74) is 0. The van der Waals surface area contributed by atoms with Gasteiger partial charge in [-0.15, -0.1) is 0 Å². The number of carbonyl (C=O) groups is 2. The number of ether oxygens (including phenoxy) is 1. The van der Waals surface area contributed by atoms with Crippen molar-refractivity contribution < 1.29 is 24.5 Å². The number of hydrogen-bond acceptors (Lipinski definition) is 5. The van der Waals surface area contributed by atoms with Crippen LogP contribution in [0.25, 0.3) is 0 Å². The van der Waals surface area contributed by atoms with Crippen LogP contribution in [-0.2, 0) is 14.3 Å². The first kappa shape index (κ1) is 59.3. The zero-order valence-electron chi connectivity index (χ0n) is 41.1. The molecule has 0 spiro atoms. The quantitative estimate of drug-likeness (QED) is 0.0322. The van der Waals surface area contributed by atoms with Gasteiger partial charge in [0, 0.05) is 6.42 Å². The molecule has 3 unspecified atom stereocenters. The van der Waals surface area contributed by atoms with Crippen molar-refractivity contribution >= 4 is 11.9 Å². The molecule has 0 aromatic carbocycles. The summed E-state index contributed by atoms with van der Waals surface area (Å²) in [6.07, 6.45) is 56.7. The molecule has 0 rings (SSSR count). The van der Waals surface area contributed by atoms with Gasteiger partial charge >= 0.3 is 5.97 Å². The zero-order chi connectivity index (χ0) is 44.5. The number of unbranched alkanes of at least 4 members (excludes halogenated alkanes) is 33. The SMILES string of the molecule is CC/C=C/C/C=C/CCCCCCCC(CC(=O)NC(CO)C(O)CCCCCCCCCCCCCCC)OC(=O)CCCCCCCCCCCCCCCCCCC. The molecule has 0 aliphatic rings. The average Bonchev–Trinajstić information content (AvgIpc) is 3.25.